The number of nitrogens with one attached hydrogen (secondary N) is 1. The fourth-order valence-electron chi connectivity index (χ4n) is 4.04. The zero-order valence-corrected chi connectivity index (χ0v) is 20.8. The predicted octanol–water partition coefficient (Wildman–Crippen LogP) is 2.00. The number of sulfonamides is 1. The molecule has 2 fully saturated rings. The van der Waals surface area contributed by atoms with Gasteiger partial charge in [0.15, 0.2) is 6.10 Å². The minimum atomic E-state index is -3.74. The summed E-state index contributed by atoms with van der Waals surface area (Å²) in [7, 11) is -1.69. The fraction of sp³-hybridized carbons (Fsp3) is 0.458. The van der Waals surface area contributed by atoms with Crippen molar-refractivity contribution in [2.45, 2.75) is 17.9 Å². The Morgan fingerprint density at radius 3 is 2.34 bits per heavy atom. The summed E-state index contributed by atoms with van der Waals surface area (Å²) in [5.41, 5.74) is 1.16. The molecule has 0 bridgehead atoms. The highest BCUT2D eigenvalue weighted by molar-refractivity contribution is 7.89. The molecule has 35 heavy (non-hydrogen) atoms. The number of likely N-dealkylation sites (N-methyl/N-ethyl adjacent to an activating group) is 1. The van der Waals surface area contributed by atoms with Crippen LogP contribution in [-0.2, 0) is 19.6 Å². The highest BCUT2D eigenvalue weighted by atomic mass is 32.2. The number of piperazine rings is 1. The Kier molecular flexibility index (Phi) is 7.90. The van der Waals surface area contributed by atoms with Crippen molar-refractivity contribution >= 4 is 27.3 Å². The van der Waals surface area contributed by atoms with Crippen molar-refractivity contribution in [3.05, 3.63) is 48.3 Å². The number of amides is 1. The van der Waals surface area contributed by atoms with Gasteiger partial charge in [0.1, 0.15) is 11.6 Å². The van der Waals surface area contributed by atoms with Crippen molar-refractivity contribution < 1.29 is 27.1 Å². The maximum atomic E-state index is 13.2. The van der Waals surface area contributed by atoms with E-state index in [9.17, 15) is 17.6 Å². The molecule has 0 aromatic heterocycles. The molecule has 11 heteroatoms. The van der Waals surface area contributed by atoms with Crippen LogP contribution in [-0.4, -0.2) is 89.2 Å². The van der Waals surface area contributed by atoms with Crippen LogP contribution in [0.5, 0.6) is 5.75 Å². The zero-order valence-electron chi connectivity index (χ0n) is 19.9. The average molecular weight is 507 g/mol. The van der Waals surface area contributed by atoms with Crippen molar-refractivity contribution in [3.63, 3.8) is 0 Å². The first-order valence-electron chi connectivity index (χ1n) is 11.6. The van der Waals surface area contributed by atoms with E-state index in [1.807, 2.05) is 7.05 Å². The first-order valence-corrected chi connectivity index (χ1v) is 13.1. The molecule has 9 nitrogen and oxygen atoms in total. The summed E-state index contributed by atoms with van der Waals surface area (Å²) in [4.78, 5) is 17.5. The van der Waals surface area contributed by atoms with Gasteiger partial charge >= 0.3 is 0 Å². The molecule has 2 aromatic carbocycles. The number of halogens is 1. The fourth-order valence-corrected chi connectivity index (χ4v) is 5.47. The van der Waals surface area contributed by atoms with E-state index in [0.29, 0.717) is 24.7 Å². The highest BCUT2D eigenvalue weighted by Crippen LogP contribution is 2.31. The van der Waals surface area contributed by atoms with Crippen LogP contribution in [0, 0.1) is 5.82 Å². The quantitative estimate of drug-likeness (QED) is 0.614. The summed E-state index contributed by atoms with van der Waals surface area (Å²) in [6.45, 7) is 6.05. The second-order valence-electron chi connectivity index (χ2n) is 8.69. The first-order chi connectivity index (χ1) is 16.7. The van der Waals surface area contributed by atoms with E-state index < -0.39 is 27.9 Å². The zero-order chi connectivity index (χ0) is 25.0. The number of hydrogen-bond donors (Lipinski definition) is 1. The van der Waals surface area contributed by atoms with E-state index in [4.69, 9.17) is 9.47 Å². The number of hydrogen-bond acceptors (Lipinski definition) is 7. The average Bonchev–Trinajstić information content (AvgIpc) is 2.86. The minimum Gasteiger partial charge on any atom is -0.481 e. The molecule has 2 aliphatic heterocycles. The lowest BCUT2D eigenvalue weighted by atomic mass is 10.2. The number of benzene rings is 2. The normalized spacial score (nSPS) is 18.8. The Balaban J connectivity index is 1.59. The lowest BCUT2D eigenvalue weighted by Gasteiger charge is -2.35. The third-order valence-electron chi connectivity index (χ3n) is 6.17. The molecule has 2 heterocycles. The van der Waals surface area contributed by atoms with Crippen LogP contribution in [0.1, 0.15) is 6.92 Å². The van der Waals surface area contributed by atoms with Crippen LogP contribution in [0.2, 0.25) is 0 Å². The van der Waals surface area contributed by atoms with E-state index in [2.05, 4.69) is 15.1 Å². The molecule has 2 aliphatic rings. The molecule has 0 spiro atoms. The second-order valence-corrected chi connectivity index (χ2v) is 10.6. The van der Waals surface area contributed by atoms with E-state index in [-0.39, 0.29) is 18.0 Å². The second kappa shape index (κ2) is 10.9. The van der Waals surface area contributed by atoms with Gasteiger partial charge in [0.05, 0.1) is 29.5 Å². The molecule has 190 valence electrons. The number of ether oxygens (including phenoxy) is 2. The van der Waals surface area contributed by atoms with Crippen LogP contribution >= 0.6 is 0 Å². The largest absolute Gasteiger partial charge is 0.481 e. The van der Waals surface area contributed by atoms with Gasteiger partial charge in [-0.25, -0.2) is 12.8 Å². The topological polar surface area (TPSA) is 91.4 Å². The molecule has 0 aliphatic carbocycles. The Labute approximate surface area is 205 Å². The lowest BCUT2D eigenvalue weighted by Crippen LogP contribution is -2.45. The van der Waals surface area contributed by atoms with Crippen LogP contribution in [0.25, 0.3) is 0 Å². The molecular weight excluding hydrogens is 475 g/mol. The van der Waals surface area contributed by atoms with Gasteiger partial charge in [0, 0.05) is 39.3 Å². The van der Waals surface area contributed by atoms with Crippen LogP contribution in [0.15, 0.2) is 47.4 Å². The Morgan fingerprint density at radius 2 is 1.69 bits per heavy atom. The molecule has 0 radical (unpaired) electrons. The first kappa shape index (κ1) is 25.4. The maximum absolute atomic E-state index is 13.2. The van der Waals surface area contributed by atoms with E-state index in [0.717, 1.165) is 31.9 Å². The smallest absolute Gasteiger partial charge is 0.265 e. The van der Waals surface area contributed by atoms with Crippen LogP contribution in [0.4, 0.5) is 15.8 Å². The van der Waals surface area contributed by atoms with Crippen molar-refractivity contribution in [1.29, 1.82) is 0 Å². The molecule has 1 amide bonds. The van der Waals surface area contributed by atoms with Crippen molar-refractivity contribution in [1.82, 2.24) is 9.21 Å². The van der Waals surface area contributed by atoms with Crippen LogP contribution in [0.3, 0.4) is 0 Å². The molecule has 4 rings (SSSR count). The molecule has 0 saturated carbocycles. The molecule has 1 atom stereocenters. The number of morpholine rings is 1. The summed E-state index contributed by atoms with van der Waals surface area (Å²) in [5.74, 6) is -0.479. The highest BCUT2D eigenvalue weighted by Gasteiger charge is 2.28. The number of anilines is 2. The Bertz CT molecular complexity index is 1130. The van der Waals surface area contributed by atoms with Gasteiger partial charge in [0.25, 0.3) is 5.91 Å². The SMILES string of the molecule is C[C@@H](Oc1ccc(F)cc1)C(=O)Nc1cc(S(=O)(=O)N2CCOCC2)ccc1N1CCN(C)CC1. The number of rotatable bonds is 7. The summed E-state index contributed by atoms with van der Waals surface area (Å²) in [6, 6.07) is 10.3. The minimum absolute atomic E-state index is 0.111. The lowest BCUT2D eigenvalue weighted by molar-refractivity contribution is -0.122. The Morgan fingerprint density at radius 1 is 1.03 bits per heavy atom. The molecule has 2 saturated heterocycles. The van der Waals surface area contributed by atoms with E-state index >= 15 is 0 Å². The molecule has 1 N–H and O–H groups in total. The number of nitrogens with zero attached hydrogens (tertiary/aromatic N) is 3. The summed E-state index contributed by atoms with van der Waals surface area (Å²) in [6.07, 6.45) is -0.889. The van der Waals surface area contributed by atoms with E-state index in [1.54, 1.807) is 19.1 Å². The number of carbonyl (C=O) groups excluding carboxylic acids is 1. The van der Waals surface area contributed by atoms with Crippen molar-refractivity contribution in [2.75, 3.05) is 69.7 Å². The van der Waals surface area contributed by atoms with Crippen LogP contribution < -0.4 is 15.0 Å². The summed E-state index contributed by atoms with van der Waals surface area (Å²) in [5, 5.41) is 2.86. The Hall–Kier alpha value is -2.73. The third kappa shape index (κ3) is 6.10. The van der Waals surface area contributed by atoms with Crippen molar-refractivity contribution in [2.24, 2.45) is 0 Å². The van der Waals surface area contributed by atoms with Gasteiger partial charge in [-0.05, 0) is 56.4 Å². The van der Waals surface area contributed by atoms with Gasteiger partial charge in [-0.15, -0.1) is 0 Å². The molecule has 0 unspecified atom stereocenters. The van der Waals surface area contributed by atoms with Gasteiger partial charge < -0.3 is 24.6 Å². The van der Waals surface area contributed by atoms with Gasteiger partial charge in [0.2, 0.25) is 10.0 Å². The van der Waals surface area contributed by atoms with Gasteiger partial charge in [-0.3, -0.25) is 4.79 Å². The third-order valence-corrected chi connectivity index (χ3v) is 8.07. The van der Waals surface area contributed by atoms with Gasteiger partial charge in [-0.2, -0.15) is 4.31 Å². The summed E-state index contributed by atoms with van der Waals surface area (Å²) < 4.78 is 52.0. The monoisotopic (exact) mass is 506 g/mol. The molecular formula is C24H31FN4O5S. The van der Waals surface area contributed by atoms with Gasteiger partial charge in [-0.1, -0.05) is 0 Å². The van der Waals surface area contributed by atoms with Crippen molar-refractivity contribution in [3.8, 4) is 5.75 Å². The maximum Gasteiger partial charge on any atom is 0.265 e. The summed E-state index contributed by atoms with van der Waals surface area (Å²) >= 11 is 0. The number of carbonyl (C=O) groups is 1. The predicted molar refractivity (Wildman–Crippen MR) is 131 cm³/mol. The van der Waals surface area contributed by atoms with E-state index in [1.165, 1.54) is 34.6 Å². The standard InChI is InChI=1S/C24H31FN4O5S/c1-18(34-20-5-3-19(25)4-6-20)24(30)26-22-17-21(35(31,32)29-13-15-33-16-14-29)7-8-23(22)28-11-9-27(2)10-12-28/h3-8,17-18H,9-16H2,1-2H3,(H,26,30)/t18-/m1/s1. The molecule has 2 aromatic rings.